The van der Waals surface area contributed by atoms with Crippen LogP contribution >= 0.6 is 0 Å². The molecule has 0 aromatic carbocycles. The van der Waals surface area contributed by atoms with Crippen LogP contribution in [0.15, 0.2) is 0 Å². The zero-order valence-corrected chi connectivity index (χ0v) is 12.3. The first-order chi connectivity index (χ1) is 9.34. The predicted octanol–water partition coefficient (Wildman–Crippen LogP) is 1.44. The van der Waals surface area contributed by atoms with Crippen LogP contribution in [-0.2, 0) is 14.3 Å². The monoisotopic (exact) mass is 282 g/mol. The van der Waals surface area contributed by atoms with Gasteiger partial charge in [-0.25, -0.2) is 4.79 Å². The number of carbonyl (C=O) groups excluding carboxylic acids is 3. The molecular formula is C14H22N2O4. The van der Waals surface area contributed by atoms with Gasteiger partial charge in [0.25, 0.3) is 5.91 Å². The van der Waals surface area contributed by atoms with E-state index in [2.05, 4.69) is 12.2 Å². The van der Waals surface area contributed by atoms with Crippen molar-refractivity contribution < 1.29 is 19.1 Å². The van der Waals surface area contributed by atoms with Crippen molar-refractivity contribution in [3.05, 3.63) is 0 Å². The molecule has 1 N–H and O–H groups in total. The molecule has 2 aliphatic rings. The van der Waals surface area contributed by atoms with Gasteiger partial charge in [0, 0.05) is 0 Å². The first-order valence-electron chi connectivity index (χ1n) is 7.17. The van der Waals surface area contributed by atoms with Gasteiger partial charge in [0.15, 0.2) is 0 Å². The van der Waals surface area contributed by atoms with E-state index in [1.54, 1.807) is 13.8 Å². The van der Waals surface area contributed by atoms with Gasteiger partial charge in [0.1, 0.15) is 12.1 Å². The van der Waals surface area contributed by atoms with Gasteiger partial charge in [-0.1, -0.05) is 6.92 Å². The molecule has 112 valence electrons. The van der Waals surface area contributed by atoms with Crippen LogP contribution in [0.3, 0.4) is 0 Å². The Morgan fingerprint density at radius 1 is 1.40 bits per heavy atom. The second-order valence-corrected chi connectivity index (χ2v) is 6.12. The Bertz CT molecular complexity index is 425. The summed E-state index contributed by atoms with van der Waals surface area (Å²) in [6.45, 7) is 5.30. The molecule has 0 atom stereocenters. The average molecular weight is 282 g/mol. The van der Waals surface area contributed by atoms with E-state index < -0.39 is 17.5 Å². The highest BCUT2D eigenvalue weighted by atomic mass is 16.5. The van der Waals surface area contributed by atoms with Gasteiger partial charge in [0.05, 0.1) is 6.10 Å². The highest BCUT2D eigenvalue weighted by Crippen LogP contribution is 2.36. The molecule has 6 heteroatoms. The minimum atomic E-state index is -0.790. The van der Waals surface area contributed by atoms with E-state index in [-0.39, 0.29) is 18.6 Å². The van der Waals surface area contributed by atoms with Gasteiger partial charge in [-0.2, -0.15) is 0 Å². The summed E-state index contributed by atoms with van der Waals surface area (Å²) >= 11 is 0. The lowest BCUT2D eigenvalue weighted by molar-refractivity contribution is -0.151. The molecule has 6 nitrogen and oxygen atoms in total. The van der Waals surface area contributed by atoms with Crippen LogP contribution < -0.4 is 5.32 Å². The quantitative estimate of drug-likeness (QED) is 0.627. The lowest BCUT2D eigenvalue weighted by Gasteiger charge is -2.33. The van der Waals surface area contributed by atoms with Gasteiger partial charge >= 0.3 is 12.0 Å². The number of urea groups is 1. The van der Waals surface area contributed by atoms with Gasteiger partial charge in [-0.3, -0.25) is 14.5 Å². The lowest BCUT2D eigenvalue weighted by atomic mass is 9.77. The van der Waals surface area contributed by atoms with E-state index in [0.29, 0.717) is 18.8 Å². The first kappa shape index (κ1) is 14.8. The van der Waals surface area contributed by atoms with Crippen molar-refractivity contribution in [2.24, 2.45) is 5.92 Å². The van der Waals surface area contributed by atoms with E-state index in [0.717, 1.165) is 17.7 Å². The van der Waals surface area contributed by atoms with E-state index in [9.17, 15) is 14.4 Å². The topological polar surface area (TPSA) is 75.7 Å². The van der Waals surface area contributed by atoms with Crippen LogP contribution in [0.5, 0.6) is 0 Å². The zero-order chi connectivity index (χ0) is 14.9. The minimum absolute atomic E-state index is 0.257. The summed E-state index contributed by atoms with van der Waals surface area (Å²) in [6, 6.07) is -0.481. The molecule has 0 aromatic rings. The average Bonchev–Trinajstić information content (AvgIpc) is 2.57. The number of nitrogens with zero attached hydrogens (tertiary/aromatic N) is 1. The Labute approximate surface area is 118 Å². The van der Waals surface area contributed by atoms with Crippen LogP contribution in [0.2, 0.25) is 0 Å². The standard InChI is InChI=1S/C14H22N2O4/c1-9(2)20-11(17)8-16-12(18)14(15-13(16)19)6-4-10(3)5-7-14/h9-10H,4-8H2,1-3H3,(H,15,19). The van der Waals surface area contributed by atoms with Crippen LogP contribution in [0.1, 0.15) is 46.5 Å². The Hall–Kier alpha value is -1.59. The summed E-state index contributed by atoms with van der Waals surface area (Å²) in [4.78, 5) is 37.0. The Balaban J connectivity index is 2.04. The molecule has 1 saturated carbocycles. The third-order valence-corrected chi connectivity index (χ3v) is 4.03. The Morgan fingerprint density at radius 2 is 2.00 bits per heavy atom. The number of hydrogen-bond acceptors (Lipinski definition) is 4. The molecule has 0 aromatic heterocycles. The summed E-state index contributed by atoms with van der Waals surface area (Å²) in [5, 5.41) is 2.78. The highest BCUT2D eigenvalue weighted by Gasteiger charge is 2.52. The van der Waals surface area contributed by atoms with Crippen molar-refractivity contribution in [3.8, 4) is 0 Å². The fourth-order valence-corrected chi connectivity index (χ4v) is 2.84. The van der Waals surface area contributed by atoms with Gasteiger partial charge in [0.2, 0.25) is 0 Å². The normalized spacial score (nSPS) is 30.0. The highest BCUT2D eigenvalue weighted by molar-refractivity contribution is 6.08. The van der Waals surface area contributed by atoms with Gasteiger partial charge < -0.3 is 10.1 Å². The van der Waals surface area contributed by atoms with E-state index >= 15 is 0 Å². The number of nitrogens with one attached hydrogen (secondary N) is 1. The van der Waals surface area contributed by atoms with Crippen LogP contribution in [0.25, 0.3) is 0 Å². The minimum Gasteiger partial charge on any atom is -0.462 e. The Morgan fingerprint density at radius 3 is 2.55 bits per heavy atom. The van der Waals surface area contributed by atoms with Crippen LogP contribution in [0, 0.1) is 5.92 Å². The number of hydrogen-bond donors (Lipinski definition) is 1. The Kier molecular flexibility index (Phi) is 4.01. The number of ether oxygens (including phenoxy) is 1. The molecule has 20 heavy (non-hydrogen) atoms. The second-order valence-electron chi connectivity index (χ2n) is 6.12. The maximum atomic E-state index is 12.5. The molecule has 0 bridgehead atoms. The van der Waals surface area contributed by atoms with E-state index in [1.807, 2.05) is 0 Å². The maximum Gasteiger partial charge on any atom is 0.326 e. The van der Waals surface area contributed by atoms with Crippen LogP contribution in [0.4, 0.5) is 4.79 Å². The van der Waals surface area contributed by atoms with Crippen molar-refractivity contribution >= 4 is 17.9 Å². The number of esters is 1. The van der Waals surface area contributed by atoms with Crippen molar-refractivity contribution in [2.75, 3.05) is 6.54 Å². The SMILES string of the molecule is CC1CCC2(CC1)NC(=O)N(CC(=O)OC(C)C)C2=O. The van der Waals surface area contributed by atoms with Crippen molar-refractivity contribution in [2.45, 2.75) is 58.1 Å². The summed E-state index contributed by atoms with van der Waals surface area (Å²) in [5.41, 5.74) is -0.790. The summed E-state index contributed by atoms with van der Waals surface area (Å²) in [5.74, 6) is -0.259. The predicted molar refractivity (Wildman–Crippen MR) is 71.8 cm³/mol. The number of amides is 3. The molecular weight excluding hydrogens is 260 g/mol. The molecule has 1 aliphatic carbocycles. The van der Waals surface area contributed by atoms with Gasteiger partial charge in [-0.05, 0) is 45.4 Å². The fraction of sp³-hybridized carbons (Fsp3) is 0.786. The summed E-state index contributed by atoms with van der Waals surface area (Å²) < 4.78 is 4.99. The summed E-state index contributed by atoms with van der Waals surface area (Å²) in [6.07, 6.45) is 2.86. The molecule has 2 rings (SSSR count). The molecule has 1 spiro atoms. The molecule has 1 heterocycles. The van der Waals surface area contributed by atoms with Crippen molar-refractivity contribution in [3.63, 3.8) is 0 Å². The summed E-state index contributed by atoms with van der Waals surface area (Å²) in [7, 11) is 0. The van der Waals surface area contributed by atoms with Crippen LogP contribution in [-0.4, -0.2) is 41.0 Å². The molecule has 3 amide bonds. The lowest BCUT2D eigenvalue weighted by Crippen LogP contribution is -2.49. The maximum absolute atomic E-state index is 12.5. The molecule has 1 saturated heterocycles. The second kappa shape index (κ2) is 5.42. The molecule has 0 unspecified atom stereocenters. The van der Waals surface area contributed by atoms with E-state index in [4.69, 9.17) is 4.74 Å². The van der Waals surface area contributed by atoms with E-state index in [1.165, 1.54) is 0 Å². The molecule has 0 radical (unpaired) electrons. The molecule has 1 aliphatic heterocycles. The van der Waals surface area contributed by atoms with Gasteiger partial charge in [-0.15, -0.1) is 0 Å². The molecule has 2 fully saturated rings. The third-order valence-electron chi connectivity index (χ3n) is 4.03. The smallest absolute Gasteiger partial charge is 0.326 e. The van der Waals surface area contributed by atoms with Crippen molar-refractivity contribution in [1.29, 1.82) is 0 Å². The largest absolute Gasteiger partial charge is 0.462 e. The third kappa shape index (κ3) is 2.78. The number of rotatable bonds is 3. The zero-order valence-electron chi connectivity index (χ0n) is 12.3. The van der Waals surface area contributed by atoms with Crippen molar-refractivity contribution in [1.82, 2.24) is 10.2 Å². The first-order valence-corrected chi connectivity index (χ1v) is 7.17. The fourth-order valence-electron chi connectivity index (χ4n) is 2.84. The number of carbonyl (C=O) groups is 3. The number of imide groups is 1.